The van der Waals surface area contributed by atoms with Crippen LogP contribution >= 0.6 is 0 Å². The number of anilines is 2. The predicted octanol–water partition coefficient (Wildman–Crippen LogP) is 4.50. The molecule has 2 aromatic carbocycles. The van der Waals surface area contributed by atoms with E-state index in [1.54, 1.807) is 34.8 Å². The molecule has 0 bridgehead atoms. The standard InChI is InChI=1S/C16H21N3O3.C15H19N3O3/c1-10-16(2,7-8-22-10)19-15-11-5-6-12(20-3)14(21-4)13(11)17-9-18-15;1-18(10-6-7-21-8-10)15-11-4-5-12(19-2)14(20-3)13(11)16-9-17-15/h5-6,9-10H,7-8H2,1-4H3,(H,17,18,19);4-5,9-10H,6-8H2,1-3H3/t;10-/m.0/s1. The second-order valence-electron chi connectivity index (χ2n) is 10.7. The monoisotopic (exact) mass is 592 g/mol. The molecule has 12 heteroatoms. The molecule has 2 fully saturated rings. The number of ether oxygens (including phenoxy) is 6. The third kappa shape index (κ3) is 5.89. The van der Waals surface area contributed by atoms with Crippen LogP contribution in [0.3, 0.4) is 0 Å². The van der Waals surface area contributed by atoms with Crippen LogP contribution in [0.2, 0.25) is 0 Å². The maximum Gasteiger partial charge on any atom is 0.187 e. The molecule has 0 radical (unpaired) electrons. The van der Waals surface area contributed by atoms with E-state index in [1.165, 1.54) is 6.33 Å². The van der Waals surface area contributed by atoms with Gasteiger partial charge in [-0.1, -0.05) is 0 Å². The fraction of sp³-hybridized carbons (Fsp3) is 0.484. The highest BCUT2D eigenvalue weighted by molar-refractivity contribution is 5.95. The van der Waals surface area contributed by atoms with Crippen molar-refractivity contribution in [3.05, 3.63) is 36.9 Å². The highest BCUT2D eigenvalue weighted by Crippen LogP contribution is 2.39. The molecule has 1 N–H and O–H groups in total. The van der Waals surface area contributed by atoms with Crippen molar-refractivity contribution in [2.75, 3.05) is 65.5 Å². The first-order valence-electron chi connectivity index (χ1n) is 14.3. The Labute approximate surface area is 251 Å². The molecule has 2 aliphatic heterocycles. The van der Waals surface area contributed by atoms with Crippen molar-refractivity contribution in [1.29, 1.82) is 0 Å². The van der Waals surface area contributed by atoms with Crippen molar-refractivity contribution in [3.8, 4) is 23.0 Å². The van der Waals surface area contributed by atoms with Crippen molar-refractivity contribution in [3.63, 3.8) is 0 Å². The second kappa shape index (κ2) is 13.0. The molecule has 43 heavy (non-hydrogen) atoms. The molecule has 0 saturated carbocycles. The van der Waals surface area contributed by atoms with Gasteiger partial charge >= 0.3 is 0 Å². The third-order valence-electron chi connectivity index (χ3n) is 8.35. The van der Waals surface area contributed by atoms with E-state index in [4.69, 9.17) is 28.4 Å². The van der Waals surface area contributed by atoms with Crippen molar-refractivity contribution < 1.29 is 28.4 Å². The van der Waals surface area contributed by atoms with Gasteiger partial charge in [-0.25, -0.2) is 19.9 Å². The van der Waals surface area contributed by atoms with E-state index in [0.29, 0.717) is 29.0 Å². The summed E-state index contributed by atoms with van der Waals surface area (Å²) in [6, 6.07) is 8.01. The molecule has 6 rings (SSSR count). The van der Waals surface area contributed by atoms with Crippen molar-refractivity contribution >= 4 is 33.4 Å². The van der Waals surface area contributed by atoms with E-state index in [1.807, 2.05) is 31.3 Å². The summed E-state index contributed by atoms with van der Waals surface area (Å²) in [5.74, 6) is 4.24. The molecule has 0 amide bonds. The molecule has 3 atom stereocenters. The second-order valence-corrected chi connectivity index (χ2v) is 10.7. The van der Waals surface area contributed by atoms with Crippen LogP contribution < -0.4 is 29.2 Å². The molecular formula is C31H40N6O6. The smallest absolute Gasteiger partial charge is 0.187 e. The van der Waals surface area contributed by atoms with E-state index in [-0.39, 0.29) is 11.6 Å². The topological polar surface area (TPSA) is 122 Å². The van der Waals surface area contributed by atoms with Crippen LogP contribution in [-0.2, 0) is 9.47 Å². The Kier molecular flexibility index (Phi) is 9.16. The van der Waals surface area contributed by atoms with Gasteiger partial charge in [0.2, 0.25) is 0 Å². The van der Waals surface area contributed by atoms with E-state index < -0.39 is 0 Å². The van der Waals surface area contributed by atoms with Crippen LogP contribution in [0.4, 0.5) is 11.6 Å². The highest BCUT2D eigenvalue weighted by Gasteiger charge is 2.37. The molecule has 0 aliphatic carbocycles. The lowest BCUT2D eigenvalue weighted by Gasteiger charge is -2.30. The molecule has 2 unspecified atom stereocenters. The summed E-state index contributed by atoms with van der Waals surface area (Å²) in [6.07, 6.45) is 5.17. The van der Waals surface area contributed by atoms with Gasteiger partial charge in [-0.15, -0.1) is 0 Å². The molecule has 2 aromatic heterocycles. The zero-order valence-electron chi connectivity index (χ0n) is 25.8. The summed E-state index contributed by atoms with van der Waals surface area (Å²) in [5.41, 5.74) is 1.34. The number of nitrogens with zero attached hydrogens (tertiary/aromatic N) is 5. The number of methoxy groups -OCH3 is 4. The van der Waals surface area contributed by atoms with Gasteiger partial charge in [0.25, 0.3) is 0 Å². The van der Waals surface area contributed by atoms with Gasteiger partial charge in [0.1, 0.15) is 35.3 Å². The summed E-state index contributed by atoms with van der Waals surface area (Å²) < 4.78 is 32.7. The summed E-state index contributed by atoms with van der Waals surface area (Å²) in [5, 5.41) is 5.38. The predicted molar refractivity (Wildman–Crippen MR) is 165 cm³/mol. The number of hydrogen-bond donors (Lipinski definition) is 1. The minimum absolute atomic E-state index is 0.123. The van der Waals surface area contributed by atoms with Crippen LogP contribution in [0.25, 0.3) is 21.8 Å². The molecule has 4 aromatic rings. The number of rotatable bonds is 8. The molecule has 230 valence electrons. The average molecular weight is 593 g/mol. The largest absolute Gasteiger partial charge is 0.493 e. The van der Waals surface area contributed by atoms with Crippen molar-refractivity contribution in [1.82, 2.24) is 19.9 Å². The highest BCUT2D eigenvalue weighted by atomic mass is 16.5. The van der Waals surface area contributed by atoms with E-state index >= 15 is 0 Å². The maximum absolute atomic E-state index is 5.68. The quantitative estimate of drug-likeness (QED) is 0.310. The first-order chi connectivity index (χ1) is 20.8. The van der Waals surface area contributed by atoms with Gasteiger partial charge in [-0.05, 0) is 51.0 Å². The van der Waals surface area contributed by atoms with E-state index in [2.05, 4.69) is 44.0 Å². The third-order valence-corrected chi connectivity index (χ3v) is 8.35. The number of aromatic nitrogens is 4. The Morgan fingerprint density at radius 2 is 1.47 bits per heavy atom. The fourth-order valence-electron chi connectivity index (χ4n) is 5.52. The van der Waals surface area contributed by atoms with Gasteiger partial charge in [0, 0.05) is 31.0 Å². The first kappa shape index (κ1) is 30.3. The zero-order chi connectivity index (χ0) is 30.6. The number of hydrogen-bond acceptors (Lipinski definition) is 12. The average Bonchev–Trinajstić information content (AvgIpc) is 3.69. The van der Waals surface area contributed by atoms with Crippen LogP contribution in [0.15, 0.2) is 36.9 Å². The SMILES string of the molecule is COc1ccc2c(N(C)[C@H]3CCOC3)ncnc2c1OC.COc1ccc2c(NC3(C)CCOC3C)ncnc2c1OC. The number of nitrogens with one attached hydrogen (secondary N) is 1. The van der Waals surface area contributed by atoms with Crippen LogP contribution in [0.5, 0.6) is 23.0 Å². The molecule has 0 spiro atoms. The molecule has 2 aliphatic rings. The van der Waals surface area contributed by atoms with Crippen LogP contribution in [0, 0.1) is 0 Å². The lowest BCUT2D eigenvalue weighted by atomic mass is 9.94. The Bertz CT molecular complexity index is 1570. The lowest BCUT2D eigenvalue weighted by molar-refractivity contribution is 0.105. The molecule has 4 heterocycles. The van der Waals surface area contributed by atoms with Gasteiger partial charge in [0.05, 0.1) is 52.7 Å². The summed E-state index contributed by atoms with van der Waals surface area (Å²) in [6.45, 7) is 6.52. The van der Waals surface area contributed by atoms with Gasteiger partial charge in [-0.3, -0.25) is 0 Å². The molecular weight excluding hydrogens is 552 g/mol. The number of likely N-dealkylation sites (N-methyl/N-ethyl adjacent to an activating group) is 1. The number of benzene rings is 2. The minimum atomic E-state index is -0.144. The fourth-order valence-corrected chi connectivity index (χ4v) is 5.52. The number of fused-ring (bicyclic) bond motifs is 2. The lowest BCUT2D eigenvalue weighted by Crippen LogP contribution is -2.41. The van der Waals surface area contributed by atoms with Crippen LogP contribution in [-0.4, -0.2) is 92.9 Å². The zero-order valence-corrected chi connectivity index (χ0v) is 25.8. The maximum atomic E-state index is 5.68. The summed E-state index contributed by atoms with van der Waals surface area (Å²) in [7, 11) is 8.50. The van der Waals surface area contributed by atoms with Gasteiger partial charge < -0.3 is 38.6 Å². The first-order valence-corrected chi connectivity index (χ1v) is 14.3. The Balaban J connectivity index is 0.000000171. The summed E-state index contributed by atoms with van der Waals surface area (Å²) in [4.78, 5) is 19.7. The van der Waals surface area contributed by atoms with E-state index in [0.717, 1.165) is 66.1 Å². The Morgan fingerprint density at radius 3 is 2.02 bits per heavy atom. The van der Waals surface area contributed by atoms with Crippen molar-refractivity contribution in [2.24, 2.45) is 0 Å². The normalized spacial score (nSPS) is 21.3. The van der Waals surface area contributed by atoms with Gasteiger partial charge in [-0.2, -0.15) is 0 Å². The summed E-state index contributed by atoms with van der Waals surface area (Å²) >= 11 is 0. The Morgan fingerprint density at radius 1 is 0.837 bits per heavy atom. The van der Waals surface area contributed by atoms with Crippen LogP contribution in [0.1, 0.15) is 26.7 Å². The van der Waals surface area contributed by atoms with Crippen molar-refractivity contribution in [2.45, 2.75) is 44.4 Å². The minimum Gasteiger partial charge on any atom is -0.493 e. The van der Waals surface area contributed by atoms with E-state index in [9.17, 15) is 0 Å². The van der Waals surface area contributed by atoms with Gasteiger partial charge in [0.15, 0.2) is 23.0 Å². The Hall–Kier alpha value is -4.16. The molecule has 12 nitrogen and oxygen atoms in total. The molecule has 2 saturated heterocycles.